The molecule has 1 N–H and O–H groups in total. The van der Waals surface area contributed by atoms with Crippen LogP contribution in [0.3, 0.4) is 0 Å². The molecule has 0 fully saturated rings. The number of hydrogen-bond acceptors (Lipinski definition) is 2. The van der Waals surface area contributed by atoms with Gasteiger partial charge in [0.05, 0.1) is 5.41 Å². The van der Waals surface area contributed by atoms with Crippen molar-refractivity contribution in [3.63, 3.8) is 0 Å². The number of thioether (sulfide) groups is 1. The van der Waals surface area contributed by atoms with Crippen molar-refractivity contribution in [2.24, 2.45) is 5.41 Å². The molecular formula is C12H16O2S. The van der Waals surface area contributed by atoms with Crippen LogP contribution in [0.4, 0.5) is 0 Å². The maximum absolute atomic E-state index is 10.9. The third-order valence-corrected chi connectivity index (χ3v) is 3.13. The van der Waals surface area contributed by atoms with Crippen LogP contribution in [0.1, 0.15) is 19.4 Å². The first kappa shape index (κ1) is 12.1. The molecule has 0 unspecified atom stereocenters. The van der Waals surface area contributed by atoms with Crippen LogP contribution in [-0.2, 0) is 11.2 Å². The Bertz CT molecular complexity index is 341. The molecule has 0 saturated heterocycles. The monoisotopic (exact) mass is 224 g/mol. The Hall–Kier alpha value is -0.960. The summed E-state index contributed by atoms with van der Waals surface area (Å²) >= 11 is 1.69. The molecule has 82 valence electrons. The molecular weight excluding hydrogens is 208 g/mol. The number of aliphatic carboxylic acids is 1. The molecule has 0 saturated carbocycles. The second-order valence-corrected chi connectivity index (χ2v) is 5.09. The Morgan fingerprint density at radius 1 is 1.33 bits per heavy atom. The first-order valence-corrected chi connectivity index (χ1v) is 6.04. The lowest BCUT2D eigenvalue weighted by molar-refractivity contribution is -0.146. The summed E-state index contributed by atoms with van der Waals surface area (Å²) in [5, 5.41) is 9.00. The van der Waals surface area contributed by atoms with Gasteiger partial charge in [-0.05, 0) is 44.2 Å². The van der Waals surface area contributed by atoms with Gasteiger partial charge in [-0.15, -0.1) is 11.8 Å². The topological polar surface area (TPSA) is 37.3 Å². The molecule has 2 nitrogen and oxygen atoms in total. The van der Waals surface area contributed by atoms with Crippen molar-refractivity contribution in [2.45, 2.75) is 25.2 Å². The lowest BCUT2D eigenvalue weighted by Crippen LogP contribution is -2.26. The molecule has 0 amide bonds. The summed E-state index contributed by atoms with van der Waals surface area (Å²) in [4.78, 5) is 12.1. The Morgan fingerprint density at radius 3 is 2.27 bits per heavy atom. The van der Waals surface area contributed by atoms with E-state index in [1.54, 1.807) is 25.6 Å². The summed E-state index contributed by atoms with van der Waals surface area (Å²) in [5.41, 5.74) is 0.376. The summed E-state index contributed by atoms with van der Waals surface area (Å²) in [6, 6.07) is 8.04. The number of carboxylic acids is 1. The van der Waals surface area contributed by atoms with E-state index in [-0.39, 0.29) is 0 Å². The molecule has 0 spiro atoms. The van der Waals surface area contributed by atoms with Crippen LogP contribution in [0, 0.1) is 5.41 Å². The highest BCUT2D eigenvalue weighted by molar-refractivity contribution is 7.98. The molecule has 1 rings (SSSR count). The third-order valence-electron chi connectivity index (χ3n) is 2.38. The number of carboxylic acid groups (broad SMARTS) is 1. The van der Waals surface area contributed by atoms with Gasteiger partial charge in [0.15, 0.2) is 0 Å². The lowest BCUT2D eigenvalue weighted by atomic mass is 9.86. The molecule has 0 aromatic heterocycles. The fourth-order valence-corrected chi connectivity index (χ4v) is 1.74. The zero-order chi connectivity index (χ0) is 11.5. The van der Waals surface area contributed by atoms with Crippen LogP contribution in [0.2, 0.25) is 0 Å². The minimum Gasteiger partial charge on any atom is -0.481 e. The van der Waals surface area contributed by atoms with Crippen molar-refractivity contribution in [3.8, 4) is 0 Å². The van der Waals surface area contributed by atoms with Gasteiger partial charge in [0, 0.05) is 4.90 Å². The first-order valence-electron chi connectivity index (χ1n) is 4.82. The molecule has 1 aromatic rings. The minimum atomic E-state index is -0.753. The highest BCUT2D eigenvalue weighted by Crippen LogP contribution is 2.23. The van der Waals surface area contributed by atoms with Gasteiger partial charge in [-0.25, -0.2) is 0 Å². The quantitative estimate of drug-likeness (QED) is 0.799. The molecule has 15 heavy (non-hydrogen) atoms. The average Bonchev–Trinajstić information content (AvgIpc) is 2.18. The van der Waals surface area contributed by atoms with E-state index in [4.69, 9.17) is 5.11 Å². The predicted octanol–water partition coefficient (Wildman–Crippen LogP) is 3.06. The van der Waals surface area contributed by atoms with Crippen LogP contribution < -0.4 is 0 Å². The molecule has 1 aromatic carbocycles. The standard InChI is InChI=1S/C12H16O2S/c1-12(2,11(13)14)8-9-4-6-10(15-3)7-5-9/h4-7H,8H2,1-3H3,(H,13,14). The number of rotatable bonds is 4. The van der Waals surface area contributed by atoms with Crippen LogP contribution in [0.25, 0.3) is 0 Å². The Balaban J connectivity index is 2.77. The fraction of sp³-hybridized carbons (Fsp3) is 0.417. The largest absolute Gasteiger partial charge is 0.481 e. The molecule has 0 aliphatic heterocycles. The molecule has 0 heterocycles. The van der Waals surface area contributed by atoms with E-state index in [1.165, 1.54) is 4.90 Å². The van der Waals surface area contributed by atoms with E-state index < -0.39 is 11.4 Å². The molecule has 3 heteroatoms. The maximum Gasteiger partial charge on any atom is 0.309 e. The van der Waals surface area contributed by atoms with E-state index in [0.717, 1.165) is 5.56 Å². The van der Waals surface area contributed by atoms with Gasteiger partial charge in [-0.2, -0.15) is 0 Å². The third kappa shape index (κ3) is 3.27. The van der Waals surface area contributed by atoms with E-state index in [2.05, 4.69) is 0 Å². The summed E-state index contributed by atoms with van der Waals surface area (Å²) in [6.45, 7) is 3.50. The van der Waals surface area contributed by atoms with Crippen molar-refractivity contribution in [3.05, 3.63) is 29.8 Å². The van der Waals surface area contributed by atoms with Crippen molar-refractivity contribution in [1.82, 2.24) is 0 Å². The van der Waals surface area contributed by atoms with E-state index in [0.29, 0.717) is 6.42 Å². The van der Waals surface area contributed by atoms with Crippen LogP contribution in [0.5, 0.6) is 0 Å². The van der Waals surface area contributed by atoms with Crippen LogP contribution in [0.15, 0.2) is 29.2 Å². The first-order chi connectivity index (χ1) is 6.95. The molecule has 0 atom stereocenters. The Morgan fingerprint density at radius 2 is 1.87 bits per heavy atom. The predicted molar refractivity (Wildman–Crippen MR) is 63.3 cm³/mol. The van der Waals surface area contributed by atoms with Crippen molar-refractivity contribution in [1.29, 1.82) is 0 Å². The van der Waals surface area contributed by atoms with Crippen molar-refractivity contribution in [2.75, 3.05) is 6.26 Å². The SMILES string of the molecule is CSc1ccc(CC(C)(C)C(=O)O)cc1. The molecule has 0 radical (unpaired) electrons. The lowest BCUT2D eigenvalue weighted by Gasteiger charge is -2.18. The van der Waals surface area contributed by atoms with E-state index in [1.807, 2.05) is 30.5 Å². The Kier molecular flexibility index (Phi) is 3.80. The van der Waals surface area contributed by atoms with Gasteiger partial charge in [0.25, 0.3) is 0 Å². The highest BCUT2D eigenvalue weighted by Gasteiger charge is 2.27. The van der Waals surface area contributed by atoms with Crippen molar-refractivity contribution < 1.29 is 9.90 Å². The fourth-order valence-electron chi connectivity index (χ4n) is 1.33. The summed E-state index contributed by atoms with van der Waals surface area (Å²) < 4.78 is 0. The van der Waals surface area contributed by atoms with Crippen LogP contribution in [-0.4, -0.2) is 17.3 Å². The highest BCUT2D eigenvalue weighted by atomic mass is 32.2. The minimum absolute atomic E-state index is 0.566. The zero-order valence-electron chi connectivity index (χ0n) is 9.28. The summed E-state index contributed by atoms with van der Waals surface area (Å²) in [7, 11) is 0. The number of benzene rings is 1. The number of carbonyl (C=O) groups is 1. The van der Waals surface area contributed by atoms with Crippen molar-refractivity contribution >= 4 is 17.7 Å². The van der Waals surface area contributed by atoms with Gasteiger partial charge in [0.2, 0.25) is 0 Å². The van der Waals surface area contributed by atoms with E-state index >= 15 is 0 Å². The molecule has 0 aliphatic carbocycles. The number of hydrogen-bond donors (Lipinski definition) is 1. The van der Waals surface area contributed by atoms with Gasteiger partial charge in [-0.3, -0.25) is 4.79 Å². The smallest absolute Gasteiger partial charge is 0.309 e. The van der Waals surface area contributed by atoms with Crippen LogP contribution >= 0.6 is 11.8 Å². The summed E-state index contributed by atoms with van der Waals surface area (Å²) in [5.74, 6) is -0.753. The van der Waals surface area contributed by atoms with Gasteiger partial charge < -0.3 is 5.11 Å². The zero-order valence-corrected chi connectivity index (χ0v) is 10.1. The average molecular weight is 224 g/mol. The van der Waals surface area contributed by atoms with Gasteiger partial charge in [-0.1, -0.05) is 12.1 Å². The van der Waals surface area contributed by atoms with E-state index in [9.17, 15) is 4.79 Å². The van der Waals surface area contributed by atoms with Gasteiger partial charge in [0.1, 0.15) is 0 Å². The molecule has 0 bridgehead atoms. The van der Waals surface area contributed by atoms with Gasteiger partial charge >= 0.3 is 5.97 Å². The second-order valence-electron chi connectivity index (χ2n) is 4.21. The second kappa shape index (κ2) is 4.71. The maximum atomic E-state index is 10.9. The normalized spacial score (nSPS) is 11.4. The Labute approximate surface area is 94.7 Å². The molecule has 0 aliphatic rings. The summed E-state index contributed by atoms with van der Waals surface area (Å²) in [6.07, 6.45) is 2.59.